The molecule has 2 unspecified atom stereocenters. The van der Waals surface area contributed by atoms with Crippen LogP contribution >= 0.6 is 11.8 Å². The smallest absolute Gasteiger partial charge is 0.0449 e. The van der Waals surface area contributed by atoms with Gasteiger partial charge in [0.15, 0.2) is 0 Å². The van der Waals surface area contributed by atoms with E-state index in [9.17, 15) is 0 Å². The van der Waals surface area contributed by atoms with Crippen LogP contribution in [0.25, 0.3) is 0 Å². The summed E-state index contributed by atoms with van der Waals surface area (Å²) in [5.74, 6) is 1.24. The van der Waals surface area contributed by atoms with Crippen molar-refractivity contribution in [1.29, 1.82) is 0 Å². The monoisotopic (exact) mass is 278 g/mol. The molecule has 1 aliphatic rings. The van der Waals surface area contributed by atoms with Crippen LogP contribution in [-0.4, -0.2) is 42.6 Å². The molecule has 0 aromatic heterocycles. The normalized spacial score (nSPS) is 24.5. The average molecular weight is 278 g/mol. The summed E-state index contributed by atoms with van der Waals surface area (Å²) in [5, 5.41) is 3.73. The predicted molar refractivity (Wildman–Crippen MR) is 85.8 cm³/mol. The first-order chi connectivity index (χ1) is 9.35. The van der Waals surface area contributed by atoms with E-state index in [0.29, 0.717) is 6.04 Å². The van der Waals surface area contributed by atoms with Crippen LogP contribution < -0.4 is 5.32 Å². The van der Waals surface area contributed by atoms with Crippen LogP contribution in [0.4, 0.5) is 0 Å². The number of benzene rings is 1. The quantitative estimate of drug-likeness (QED) is 0.860. The zero-order valence-corrected chi connectivity index (χ0v) is 13.0. The van der Waals surface area contributed by atoms with Crippen molar-refractivity contribution in [3.63, 3.8) is 0 Å². The molecule has 1 heterocycles. The van der Waals surface area contributed by atoms with Gasteiger partial charge in [0.1, 0.15) is 0 Å². The Morgan fingerprint density at radius 1 is 1.32 bits per heavy atom. The van der Waals surface area contributed by atoms with E-state index < -0.39 is 0 Å². The molecule has 0 saturated carbocycles. The van der Waals surface area contributed by atoms with E-state index >= 15 is 0 Å². The summed E-state index contributed by atoms with van der Waals surface area (Å²) in [5.41, 5.74) is 1.42. The van der Waals surface area contributed by atoms with Crippen LogP contribution in [0.3, 0.4) is 0 Å². The molecular formula is C16H26N2S. The number of thioether (sulfide) groups is 1. The standard InChI is InChI=1S/C16H26N2S/c1-3-7-15-12-17-16(13-18(15)10-11-19-2)14-8-5-4-6-9-14/h4-6,8-9,15-17H,3,7,10-13H2,1-2H3. The van der Waals surface area contributed by atoms with Gasteiger partial charge in [-0.1, -0.05) is 43.7 Å². The number of rotatable bonds is 6. The highest BCUT2D eigenvalue weighted by atomic mass is 32.2. The first kappa shape index (κ1) is 14.9. The number of hydrogen-bond donors (Lipinski definition) is 1. The van der Waals surface area contributed by atoms with Crippen molar-refractivity contribution in [2.75, 3.05) is 31.6 Å². The lowest BCUT2D eigenvalue weighted by molar-refractivity contribution is 0.131. The predicted octanol–water partition coefficient (Wildman–Crippen LogP) is 3.16. The zero-order chi connectivity index (χ0) is 13.5. The first-order valence-corrected chi connectivity index (χ1v) is 8.75. The van der Waals surface area contributed by atoms with Crippen molar-refractivity contribution in [1.82, 2.24) is 10.2 Å². The summed E-state index contributed by atoms with van der Waals surface area (Å²) in [7, 11) is 0. The summed E-state index contributed by atoms with van der Waals surface area (Å²) in [4.78, 5) is 2.69. The minimum absolute atomic E-state index is 0.496. The minimum atomic E-state index is 0.496. The average Bonchev–Trinajstić information content (AvgIpc) is 2.47. The van der Waals surface area contributed by atoms with Crippen molar-refractivity contribution in [2.45, 2.75) is 31.8 Å². The Labute approximate surface area is 122 Å². The molecular weight excluding hydrogens is 252 g/mol. The third-order valence-corrected chi connectivity index (χ3v) is 4.53. The van der Waals surface area contributed by atoms with Crippen LogP contribution in [0.2, 0.25) is 0 Å². The third kappa shape index (κ3) is 4.23. The SMILES string of the molecule is CCCC1CNC(c2ccccc2)CN1CCSC. The summed E-state index contributed by atoms with van der Waals surface area (Å²) in [6.45, 7) is 5.78. The highest BCUT2D eigenvalue weighted by Crippen LogP contribution is 2.22. The Morgan fingerprint density at radius 2 is 2.11 bits per heavy atom. The molecule has 3 heteroatoms. The molecule has 2 nitrogen and oxygen atoms in total. The number of hydrogen-bond acceptors (Lipinski definition) is 3. The highest BCUT2D eigenvalue weighted by molar-refractivity contribution is 7.98. The molecule has 1 aliphatic heterocycles. The Hall–Kier alpha value is -0.510. The van der Waals surface area contributed by atoms with Crippen LogP contribution in [0.15, 0.2) is 30.3 Å². The van der Waals surface area contributed by atoms with Gasteiger partial charge in [0.25, 0.3) is 0 Å². The van der Waals surface area contributed by atoms with Gasteiger partial charge in [0, 0.05) is 37.5 Å². The summed E-state index contributed by atoms with van der Waals surface area (Å²) in [6.07, 6.45) is 4.78. The molecule has 2 atom stereocenters. The summed E-state index contributed by atoms with van der Waals surface area (Å²) >= 11 is 1.95. The van der Waals surface area contributed by atoms with Crippen molar-refractivity contribution in [3.8, 4) is 0 Å². The fourth-order valence-electron chi connectivity index (χ4n) is 2.86. The Bertz CT molecular complexity index is 355. The van der Waals surface area contributed by atoms with Crippen molar-refractivity contribution >= 4 is 11.8 Å². The van der Waals surface area contributed by atoms with E-state index in [4.69, 9.17) is 0 Å². The maximum absolute atomic E-state index is 3.73. The number of nitrogens with one attached hydrogen (secondary N) is 1. The largest absolute Gasteiger partial charge is 0.307 e. The van der Waals surface area contributed by atoms with Gasteiger partial charge >= 0.3 is 0 Å². The van der Waals surface area contributed by atoms with Crippen LogP contribution in [0, 0.1) is 0 Å². The molecule has 1 N–H and O–H groups in total. The third-order valence-electron chi connectivity index (χ3n) is 3.94. The van der Waals surface area contributed by atoms with Gasteiger partial charge in [-0.15, -0.1) is 0 Å². The van der Waals surface area contributed by atoms with Gasteiger partial charge in [-0.25, -0.2) is 0 Å². The van der Waals surface area contributed by atoms with E-state index in [1.165, 1.54) is 30.7 Å². The number of piperazine rings is 1. The molecule has 1 aromatic carbocycles. The molecule has 0 bridgehead atoms. The van der Waals surface area contributed by atoms with Gasteiger partial charge in [-0.2, -0.15) is 11.8 Å². The van der Waals surface area contributed by atoms with Crippen molar-refractivity contribution in [2.24, 2.45) is 0 Å². The van der Waals surface area contributed by atoms with Crippen LogP contribution in [0.1, 0.15) is 31.4 Å². The molecule has 0 aliphatic carbocycles. The zero-order valence-electron chi connectivity index (χ0n) is 12.1. The maximum Gasteiger partial charge on any atom is 0.0449 e. The second-order valence-corrected chi connectivity index (χ2v) is 6.29. The molecule has 0 amide bonds. The Balaban J connectivity index is 1.99. The van der Waals surface area contributed by atoms with Gasteiger partial charge in [0.2, 0.25) is 0 Å². The highest BCUT2D eigenvalue weighted by Gasteiger charge is 2.27. The van der Waals surface area contributed by atoms with E-state index in [1.54, 1.807) is 0 Å². The lowest BCUT2D eigenvalue weighted by Crippen LogP contribution is -2.53. The molecule has 1 saturated heterocycles. The van der Waals surface area contributed by atoms with Gasteiger partial charge in [-0.3, -0.25) is 4.90 Å². The molecule has 2 rings (SSSR count). The van der Waals surface area contributed by atoms with Crippen molar-refractivity contribution in [3.05, 3.63) is 35.9 Å². The Kier molecular flexibility index (Phi) is 6.21. The molecule has 1 fully saturated rings. The van der Waals surface area contributed by atoms with Crippen LogP contribution in [0.5, 0.6) is 0 Å². The topological polar surface area (TPSA) is 15.3 Å². The Morgan fingerprint density at radius 3 is 2.79 bits per heavy atom. The minimum Gasteiger partial charge on any atom is -0.307 e. The van der Waals surface area contributed by atoms with E-state index in [-0.39, 0.29) is 0 Å². The lowest BCUT2D eigenvalue weighted by Gasteiger charge is -2.40. The van der Waals surface area contributed by atoms with Crippen LogP contribution in [-0.2, 0) is 0 Å². The molecule has 0 radical (unpaired) electrons. The van der Waals surface area contributed by atoms with Crippen molar-refractivity contribution < 1.29 is 0 Å². The molecule has 106 valence electrons. The first-order valence-electron chi connectivity index (χ1n) is 7.36. The maximum atomic E-state index is 3.73. The second kappa shape index (κ2) is 7.93. The van der Waals surface area contributed by atoms with Gasteiger partial charge < -0.3 is 5.32 Å². The fraction of sp³-hybridized carbons (Fsp3) is 0.625. The van der Waals surface area contributed by atoms with Gasteiger partial charge in [-0.05, 0) is 18.2 Å². The molecule has 0 spiro atoms. The van der Waals surface area contributed by atoms with Gasteiger partial charge in [0.05, 0.1) is 0 Å². The van der Waals surface area contributed by atoms with E-state index in [0.717, 1.165) is 19.1 Å². The van der Waals surface area contributed by atoms with E-state index in [2.05, 4.69) is 53.7 Å². The summed E-state index contributed by atoms with van der Waals surface area (Å²) in [6, 6.07) is 12.1. The molecule has 1 aromatic rings. The summed E-state index contributed by atoms with van der Waals surface area (Å²) < 4.78 is 0. The van der Waals surface area contributed by atoms with E-state index in [1.807, 2.05) is 11.8 Å². The number of nitrogens with zero attached hydrogens (tertiary/aromatic N) is 1. The molecule has 19 heavy (non-hydrogen) atoms. The fourth-order valence-corrected chi connectivity index (χ4v) is 3.28. The lowest BCUT2D eigenvalue weighted by atomic mass is 10.00. The second-order valence-electron chi connectivity index (χ2n) is 5.30.